The first-order valence-corrected chi connectivity index (χ1v) is 30.5. The Kier molecular flexibility index (Phi) is 35.8. The van der Waals surface area contributed by atoms with Crippen LogP contribution in [0.25, 0.3) is 0 Å². The molecule has 0 amide bonds. The van der Waals surface area contributed by atoms with Crippen molar-refractivity contribution < 1.29 is 113 Å². The van der Waals surface area contributed by atoms with Crippen LogP contribution in [0.4, 0.5) is 0 Å². The Morgan fingerprint density at radius 3 is 1.27 bits per heavy atom. The second-order valence-corrected chi connectivity index (χ2v) is 22.6. The number of unbranched alkanes of at least 4 members (excludes halogenated alkanes) is 22. The van der Waals surface area contributed by atoms with E-state index >= 15 is 0 Å². The number of phosphoric acid groups is 1. The fourth-order valence-electron chi connectivity index (χ4n) is 9.70. The highest BCUT2D eigenvalue weighted by Gasteiger charge is 2.58. The Labute approximate surface area is 461 Å². The molecule has 0 aromatic carbocycles. The fraction of sp³-hybridized carbons (Fsp3) is 0.926. The molecule has 3 rings (SSSR count). The quantitative estimate of drug-likeness (QED) is 0.0180. The highest BCUT2D eigenvalue weighted by atomic mass is 31.2. The van der Waals surface area contributed by atoms with Gasteiger partial charge in [-0.2, -0.15) is 0 Å². The van der Waals surface area contributed by atoms with Crippen molar-refractivity contribution in [1.82, 2.24) is 0 Å². The van der Waals surface area contributed by atoms with Gasteiger partial charge in [-0.25, -0.2) is 4.57 Å². The number of carbonyl (C=O) groups excluding carboxylic acids is 2. The zero-order valence-electron chi connectivity index (χ0n) is 46.2. The van der Waals surface area contributed by atoms with Gasteiger partial charge in [-0.05, 0) is 38.5 Å². The van der Waals surface area contributed by atoms with Gasteiger partial charge in [-0.3, -0.25) is 18.6 Å². The van der Waals surface area contributed by atoms with Gasteiger partial charge in [0.2, 0.25) is 0 Å². The molecule has 3 fully saturated rings. The van der Waals surface area contributed by atoms with Crippen molar-refractivity contribution in [2.24, 2.45) is 0 Å². The standard InChI is InChI=1S/C54H99O23P/c1-3-5-7-9-11-13-15-17-19-20-22-24-26-28-30-39(57)70-34-36(72-40(58)31-29-27-25-23-21-18-16-14-12-10-8-6-4-2)35-71-78(68,69)77-52-50(75-53-48(66)43(61)41(59)37(32-55)73-53)46(64)45(63)47(65)51(52)76-54-49(67)44(62)42(60)38(33-56)74-54/h18,21,36-38,41-56,59-67H,3-17,19-20,22-35H2,1-2H3,(H,68,69)/b21-18-. The molecule has 2 heterocycles. The average Bonchev–Trinajstić information content (AvgIpc) is 3.47. The lowest BCUT2D eigenvalue weighted by Crippen LogP contribution is -2.69. The second kappa shape index (κ2) is 39.6. The van der Waals surface area contributed by atoms with Crippen LogP contribution in [0.15, 0.2) is 12.2 Å². The third-order valence-electron chi connectivity index (χ3n) is 14.6. The Balaban J connectivity index is 1.72. The normalized spacial score (nSPS) is 31.8. The van der Waals surface area contributed by atoms with Crippen molar-refractivity contribution >= 4 is 19.8 Å². The van der Waals surface area contributed by atoms with E-state index in [9.17, 15) is 75.2 Å². The summed E-state index contributed by atoms with van der Waals surface area (Å²) in [5, 5.41) is 116. The number of hydrogen-bond acceptors (Lipinski definition) is 22. The van der Waals surface area contributed by atoms with E-state index in [1.165, 1.54) is 89.9 Å². The smallest absolute Gasteiger partial charge is 0.462 e. The third-order valence-corrected chi connectivity index (χ3v) is 15.6. The van der Waals surface area contributed by atoms with E-state index in [4.69, 9.17) is 37.5 Å². The van der Waals surface area contributed by atoms with Crippen molar-refractivity contribution in [3.05, 3.63) is 12.2 Å². The lowest BCUT2D eigenvalue weighted by atomic mass is 9.84. The maximum Gasteiger partial charge on any atom is 0.472 e. The molecule has 12 N–H and O–H groups in total. The second-order valence-electron chi connectivity index (χ2n) is 21.2. The van der Waals surface area contributed by atoms with Crippen LogP contribution in [0.2, 0.25) is 0 Å². The monoisotopic (exact) mass is 1150 g/mol. The first-order valence-electron chi connectivity index (χ1n) is 29.0. The molecule has 2 aliphatic heterocycles. The number of aliphatic hydroxyl groups excluding tert-OH is 11. The SMILES string of the molecule is CCCCCCCC/C=C\CCCCCC(=O)OC(COC(=O)CCCCCCCCCCCCCCCC)COP(=O)(O)OC1C(OC2OC(CO)C(O)C(O)C2O)C(O)C(O)C(O)C1OC1OC(CO)C(O)C(O)C1O. The lowest BCUT2D eigenvalue weighted by molar-refractivity contribution is -0.360. The van der Waals surface area contributed by atoms with Gasteiger partial charge in [-0.15, -0.1) is 0 Å². The summed E-state index contributed by atoms with van der Waals surface area (Å²) in [6, 6.07) is 0. The first kappa shape index (κ1) is 70.5. The molecule has 2 saturated heterocycles. The van der Waals surface area contributed by atoms with Crippen LogP contribution >= 0.6 is 7.82 Å². The molecule has 24 heteroatoms. The Morgan fingerprint density at radius 1 is 0.474 bits per heavy atom. The number of rotatable bonds is 42. The minimum atomic E-state index is -5.63. The maximum atomic E-state index is 14.0. The Hall–Kier alpha value is -1.81. The summed E-state index contributed by atoms with van der Waals surface area (Å²) >= 11 is 0. The third kappa shape index (κ3) is 25.4. The number of allylic oxidation sites excluding steroid dienone is 2. The highest BCUT2D eigenvalue weighted by Crippen LogP contribution is 2.49. The van der Waals surface area contributed by atoms with E-state index in [1.54, 1.807) is 0 Å². The van der Waals surface area contributed by atoms with Crippen LogP contribution in [0.1, 0.15) is 187 Å². The molecule has 0 aromatic rings. The van der Waals surface area contributed by atoms with E-state index in [2.05, 4.69) is 26.0 Å². The van der Waals surface area contributed by atoms with Gasteiger partial charge in [0.25, 0.3) is 0 Å². The molecular formula is C54H99O23P. The summed E-state index contributed by atoms with van der Waals surface area (Å²) in [5.74, 6) is -1.35. The summed E-state index contributed by atoms with van der Waals surface area (Å²) in [4.78, 5) is 37.4. The van der Waals surface area contributed by atoms with Crippen LogP contribution in [0.3, 0.4) is 0 Å². The Bertz CT molecular complexity index is 1610. The van der Waals surface area contributed by atoms with Crippen molar-refractivity contribution in [2.75, 3.05) is 26.4 Å². The van der Waals surface area contributed by atoms with E-state index < -0.39 is 150 Å². The molecule has 23 nitrogen and oxygen atoms in total. The Morgan fingerprint density at radius 2 is 0.846 bits per heavy atom. The summed E-state index contributed by atoms with van der Waals surface area (Å²) < 4.78 is 58.0. The molecule has 16 unspecified atom stereocenters. The van der Waals surface area contributed by atoms with Crippen LogP contribution in [0.5, 0.6) is 0 Å². The predicted molar refractivity (Wildman–Crippen MR) is 282 cm³/mol. The molecule has 0 bridgehead atoms. The molecule has 0 aromatic heterocycles. The number of aliphatic hydroxyl groups is 11. The van der Waals surface area contributed by atoms with Gasteiger partial charge >= 0.3 is 19.8 Å². The summed E-state index contributed by atoms with van der Waals surface area (Å²) in [6.07, 6.45) is -3.65. The van der Waals surface area contributed by atoms with Gasteiger partial charge in [0, 0.05) is 12.8 Å². The van der Waals surface area contributed by atoms with Gasteiger partial charge in [-0.1, -0.05) is 148 Å². The average molecular weight is 1150 g/mol. The number of esters is 2. The summed E-state index contributed by atoms with van der Waals surface area (Å²) in [7, 11) is -5.63. The molecule has 0 radical (unpaired) electrons. The van der Waals surface area contributed by atoms with Crippen LogP contribution in [0, 0.1) is 0 Å². The largest absolute Gasteiger partial charge is 0.472 e. The fourth-order valence-corrected chi connectivity index (χ4v) is 10.7. The molecule has 3 aliphatic rings. The molecule has 78 heavy (non-hydrogen) atoms. The molecule has 1 saturated carbocycles. The van der Waals surface area contributed by atoms with Crippen molar-refractivity contribution in [3.8, 4) is 0 Å². The van der Waals surface area contributed by atoms with E-state index in [-0.39, 0.29) is 12.8 Å². The van der Waals surface area contributed by atoms with Gasteiger partial charge in [0.1, 0.15) is 92.1 Å². The van der Waals surface area contributed by atoms with Crippen LogP contribution < -0.4 is 0 Å². The van der Waals surface area contributed by atoms with Gasteiger partial charge in [0.05, 0.1) is 19.8 Å². The van der Waals surface area contributed by atoms with Gasteiger partial charge < -0.3 is 89.5 Å². The highest BCUT2D eigenvalue weighted by molar-refractivity contribution is 7.47. The van der Waals surface area contributed by atoms with Crippen LogP contribution in [-0.2, 0) is 51.6 Å². The number of hydrogen-bond donors (Lipinski definition) is 12. The molecule has 458 valence electrons. The predicted octanol–water partition coefficient (Wildman–Crippen LogP) is 3.54. The van der Waals surface area contributed by atoms with E-state index in [0.29, 0.717) is 19.3 Å². The zero-order valence-corrected chi connectivity index (χ0v) is 47.1. The number of ether oxygens (including phenoxy) is 6. The van der Waals surface area contributed by atoms with Crippen LogP contribution in [-0.4, -0.2) is 204 Å². The molecule has 0 spiro atoms. The minimum absolute atomic E-state index is 0.0492. The van der Waals surface area contributed by atoms with Crippen molar-refractivity contribution in [2.45, 2.75) is 291 Å². The molecule has 1 aliphatic carbocycles. The first-order chi connectivity index (χ1) is 37.4. The van der Waals surface area contributed by atoms with Crippen molar-refractivity contribution in [1.29, 1.82) is 0 Å². The number of carbonyl (C=O) groups is 2. The van der Waals surface area contributed by atoms with Gasteiger partial charge in [0.15, 0.2) is 18.7 Å². The molecular weight excluding hydrogens is 1050 g/mol. The minimum Gasteiger partial charge on any atom is -0.462 e. The topological polar surface area (TPSA) is 368 Å². The lowest BCUT2D eigenvalue weighted by Gasteiger charge is -2.49. The van der Waals surface area contributed by atoms with E-state index in [0.717, 1.165) is 51.4 Å². The summed E-state index contributed by atoms with van der Waals surface area (Å²) in [5.41, 5.74) is 0. The zero-order chi connectivity index (χ0) is 57.5. The molecule has 16 atom stereocenters. The maximum absolute atomic E-state index is 14.0. The van der Waals surface area contributed by atoms with Crippen molar-refractivity contribution in [3.63, 3.8) is 0 Å². The van der Waals surface area contributed by atoms with E-state index in [1.807, 2.05) is 0 Å². The number of phosphoric ester groups is 1. The summed E-state index contributed by atoms with van der Waals surface area (Å²) in [6.45, 7) is 0.981.